The van der Waals surface area contributed by atoms with Crippen LogP contribution in [0, 0.1) is 52.3 Å². The molecule has 6 rings (SSSR count). The monoisotopic (exact) mass is 684 g/mol. The van der Waals surface area contributed by atoms with E-state index in [1.807, 2.05) is 0 Å². The number of carbonyl (C=O) groups is 1. The smallest absolute Gasteiger partial charge is 0.217 e. The highest BCUT2D eigenvalue weighted by molar-refractivity contribution is 7.80. The molecule has 0 aromatic carbocycles. The number of allylic oxidation sites excluding steroid dienone is 2. The summed E-state index contributed by atoms with van der Waals surface area (Å²) in [7, 11) is -5.03. The first-order valence-electron chi connectivity index (χ1n) is 17.4. The van der Waals surface area contributed by atoms with Gasteiger partial charge in [-0.3, -0.25) is 4.18 Å². The van der Waals surface area contributed by atoms with Crippen molar-refractivity contribution in [3.05, 3.63) is 11.6 Å². The molecule has 13 heteroatoms. The first kappa shape index (κ1) is 35.7. The normalized spacial score (nSPS) is 49.3. The highest BCUT2D eigenvalue weighted by Gasteiger charge is 2.62. The maximum Gasteiger partial charge on any atom is 0.217 e. The van der Waals surface area contributed by atoms with Crippen LogP contribution in [0.25, 0.3) is 0 Å². The molecule has 0 aromatic rings. The minimum absolute atomic E-state index is 0.00491. The molecule has 3 saturated carbocycles. The summed E-state index contributed by atoms with van der Waals surface area (Å²) in [6.45, 7) is 13.6. The number of hydrogen-bond acceptors (Lipinski definition) is 12. The van der Waals surface area contributed by atoms with E-state index in [2.05, 4.69) is 47.6 Å². The quantitative estimate of drug-likeness (QED) is 0.105. The Hall–Kier alpha value is -1.16. The fourth-order valence-corrected chi connectivity index (χ4v) is 11.2. The van der Waals surface area contributed by atoms with Gasteiger partial charge in [-0.05, 0) is 97.2 Å². The molecule has 12 nitrogen and oxygen atoms in total. The number of carboxylic acid groups (broad SMARTS) is 1. The number of carboxylic acids is 1. The van der Waals surface area contributed by atoms with E-state index in [1.165, 1.54) is 5.57 Å². The molecule has 6 aliphatic rings. The molecule has 17 atom stereocenters. The van der Waals surface area contributed by atoms with Gasteiger partial charge in [0.05, 0.1) is 30.4 Å². The second-order valence-corrected chi connectivity index (χ2v) is 17.4. The number of ether oxygens (including phenoxy) is 3. The Balaban J connectivity index is 1.23. The number of hydrogen-bond donors (Lipinski definition) is 3. The van der Waals surface area contributed by atoms with E-state index in [0.717, 1.165) is 19.3 Å². The fraction of sp³-hybridized carbons (Fsp3) is 0.912. The molecule has 2 aliphatic heterocycles. The minimum Gasteiger partial charge on any atom is -0.726 e. The SMILES string of the molecule is CC(C)[C@H](C)[C@@H]1O[C@H]1[C@@H](C)[C@H]1CC[C@H]2[C@@H]3C[C@H](OS(=O)(=O)[O-])[C@H]4C[C@@H](O[C@@H]5O[C@H](C(=O)[O-])[C@@H](O)[C@H](O)[C@H]5O)CC[C@]4(C)C3=CC[C@]12C. The molecular formula is C34H52O12S-2. The Labute approximate surface area is 278 Å². The fourth-order valence-electron chi connectivity index (χ4n) is 10.7. The lowest BCUT2D eigenvalue weighted by atomic mass is 9.47. The minimum atomic E-state index is -5.03. The molecule has 0 unspecified atom stereocenters. The lowest BCUT2D eigenvalue weighted by Crippen LogP contribution is -2.63. The Morgan fingerprint density at radius 1 is 0.979 bits per heavy atom. The summed E-state index contributed by atoms with van der Waals surface area (Å²) in [5.41, 5.74) is 0.819. The molecule has 5 fully saturated rings. The standard InChI is InChI=1S/C34H54O12S/c1-15(2)16(3)28-29(44-28)17(4)20-7-8-21-19-14-24(46-47(40,41)42)23-13-18(9-11-34(23,6)22(19)10-12-33(20,21)5)43-32-27(37)25(35)26(36)30(45-32)31(38)39/h10,15-21,23-30,32,35-37H,7-9,11-14H2,1-6H3,(H,38,39)(H,40,41,42)/p-2/t16-,17-,18-,19-,20+,21-,23+,24-,25-,26-,27+,28-,29-,30-,32+,33+,34+/m0/s1. The zero-order valence-corrected chi connectivity index (χ0v) is 29.0. The summed E-state index contributed by atoms with van der Waals surface area (Å²) >= 11 is 0. The molecule has 3 N–H and O–H groups in total. The molecule has 4 aliphatic carbocycles. The zero-order valence-electron chi connectivity index (χ0n) is 28.2. The maximum absolute atomic E-state index is 12.1. The van der Waals surface area contributed by atoms with E-state index < -0.39 is 70.6 Å². The van der Waals surface area contributed by atoms with Gasteiger partial charge in [-0.15, -0.1) is 0 Å². The van der Waals surface area contributed by atoms with Crippen molar-refractivity contribution in [2.45, 2.75) is 142 Å². The van der Waals surface area contributed by atoms with Crippen molar-refractivity contribution in [1.82, 2.24) is 0 Å². The number of rotatable bonds is 9. The second-order valence-electron chi connectivity index (χ2n) is 16.3. The first-order chi connectivity index (χ1) is 21.9. The van der Waals surface area contributed by atoms with E-state index >= 15 is 0 Å². The maximum atomic E-state index is 12.1. The van der Waals surface area contributed by atoms with E-state index in [0.29, 0.717) is 48.9 Å². The highest BCUT2D eigenvalue weighted by Crippen LogP contribution is 2.67. The number of epoxide rings is 1. The van der Waals surface area contributed by atoms with E-state index in [1.54, 1.807) is 0 Å². The summed E-state index contributed by atoms with van der Waals surface area (Å²) in [4.78, 5) is 11.5. The van der Waals surface area contributed by atoms with Crippen molar-refractivity contribution >= 4 is 16.4 Å². The van der Waals surface area contributed by atoms with Gasteiger partial charge in [0.25, 0.3) is 0 Å². The Kier molecular flexibility index (Phi) is 9.53. The van der Waals surface area contributed by atoms with Crippen molar-refractivity contribution < 1.29 is 56.6 Å². The Bertz CT molecular complexity index is 1340. The van der Waals surface area contributed by atoms with Gasteiger partial charge in [0, 0.05) is 0 Å². The van der Waals surface area contributed by atoms with Gasteiger partial charge in [-0.25, -0.2) is 8.42 Å². The molecule has 0 amide bonds. The van der Waals surface area contributed by atoms with Crippen LogP contribution >= 0.6 is 0 Å². The van der Waals surface area contributed by atoms with Crippen molar-refractivity contribution in [2.24, 2.45) is 52.3 Å². The molecule has 0 aromatic heterocycles. The molecule has 2 heterocycles. The second kappa shape index (κ2) is 12.6. The van der Waals surface area contributed by atoms with Crippen LogP contribution in [0.3, 0.4) is 0 Å². The van der Waals surface area contributed by atoms with E-state index in [-0.39, 0.29) is 30.0 Å². The van der Waals surface area contributed by atoms with Crippen LogP contribution < -0.4 is 5.11 Å². The molecular weight excluding hydrogens is 632 g/mol. The van der Waals surface area contributed by atoms with Gasteiger partial charge < -0.3 is 44.0 Å². The lowest BCUT2D eigenvalue weighted by molar-refractivity contribution is -0.354. The number of fused-ring (bicyclic) bond motifs is 5. The van der Waals surface area contributed by atoms with Crippen LogP contribution in [0.15, 0.2) is 11.6 Å². The Morgan fingerprint density at radius 3 is 2.32 bits per heavy atom. The number of carbonyl (C=O) groups excluding carboxylic acids is 1. The number of aliphatic hydroxyl groups excluding tert-OH is 3. The average Bonchev–Trinajstić information content (AvgIpc) is 3.70. The van der Waals surface area contributed by atoms with Crippen LogP contribution in [0.1, 0.15) is 86.5 Å². The molecule has 0 radical (unpaired) electrons. The third-order valence-electron chi connectivity index (χ3n) is 13.7. The summed E-state index contributed by atoms with van der Waals surface area (Å²) in [5, 5.41) is 42.3. The van der Waals surface area contributed by atoms with Crippen LogP contribution in [0.4, 0.5) is 0 Å². The summed E-state index contributed by atoms with van der Waals surface area (Å²) in [5.74, 6) is 0.0913. The van der Waals surface area contributed by atoms with Crippen LogP contribution in [0.5, 0.6) is 0 Å². The van der Waals surface area contributed by atoms with Crippen molar-refractivity contribution in [2.75, 3.05) is 0 Å². The topological polar surface area (TPSA) is 198 Å². The van der Waals surface area contributed by atoms with Gasteiger partial charge in [-0.1, -0.05) is 53.2 Å². The van der Waals surface area contributed by atoms with Gasteiger partial charge in [-0.2, -0.15) is 0 Å². The van der Waals surface area contributed by atoms with Gasteiger partial charge in [0.1, 0.15) is 24.4 Å². The van der Waals surface area contributed by atoms with Gasteiger partial charge in [0.15, 0.2) is 6.29 Å². The van der Waals surface area contributed by atoms with E-state index in [9.17, 15) is 38.2 Å². The predicted octanol–water partition coefficient (Wildman–Crippen LogP) is 1.66. The zero-order chi connectivity index (χ0) is 34.4. The van der Waals surface area contributed by atoms with E-state index in [4.69, 9.17) is 18.4 Å². The van der Waals surface area contributed by atoms with Crippen molar-refractivity contribution in [1.29, 1.82) is 0 Å². The van der Waals surface area contributed by atoms with Crippen LogP contribution in [0.2, 0.25) is 0 Å². The summed E-state index contributed by atoms with van der Waals surface area (Å²) in [6.07, 6.45) is -2.82. The van der Waals surface area contributed by atoms with Gasteiger partial charge in [0.2, 0.25) is 10.4 Å². The molecule has 0 bridgehead atoms. The molecule has 47 heavy (non-hydrogen) atoms. The summed E-state index contributed by atoms with van der Waals surface area (Å²) < 4.78 is 59.2. The summed E-state index contributed by atoms with van der Waals surface area (Å²) in [6, 6.07) is 0. The number of aliphatic hydroxyl groups is 3. The predicted molar refractivity (Wildman–Crippen MR) is 164 cm³/mol. The lowest BCUT2D eigenvalue weighted by Gasteiger charge is -2.59. The molecule has 268 valence electrons. The van der Waals surface area contributed by atoms with Crippen LogP contribution in [-0.4, -0.2) is 89.4 Å². The highest BCUT2D eigenvalue weighted by atomic mass is 32.3. The third kappa shape index (κ3) is 6.24. The average molecular weight is 685 g/mol. The first-order valence-corrected chi connectivity index (χ1v) is 18.8. The molecule has 0 spiro atoms. The van der Waals surface area contributed by atoms with Crippen molar-refractivity contribution in [3.63, 3.8) is 0 Å². The number of aliphatic carboxylic acids is 1. The van der Waals surface area contributed by atoms with Crippen LogP contribution in [-0.2, 0) is 33.6 Å². The van der Waals surface area contributed by atoms with Gasteiger partial charge >= 0.3 is 0 Å². The third-order valence-corrected chi connectivity index (χ3v) is 14.2. The largest absolute Gasteiger partial charge is 0.726 e. The Morgan fingerprint density at radius 2 is 1.68 bits per heavy atom. The molecule has 2 saturated heterocycles. The van der Waals surface area contributed by atoms with Crippen molar-refractivity contribution in [3.8, 4) is 0 Å².